The normalized spacial score (nSPS) is 21.4. The standard InChI is InChI=1S/C51H87NO8/c1-3-5-7-9-11-13-15-16-17-18-19-20-21-22-23-24-25-26-27-28-29-30-31-33-35-37-39-41-47(55)52-44(43-59-51-50(58)49(57)48(56)46(42-53)60-51)45(54)40-38-36-34-32-14-12-10-8-6-4-2/h5,7,11,13,16-17,19-20,22-23,25-26,28-29,44-46,48-51,53-54,56-58H,3-4,6,8-10,12,14-15,18,21,24,27,30-43H2,1-2H3,(H,52,55)/b7-5-,13-11-,17-16-,20-19-,23-22-,26-25-,29-28-. The summed E-state index contributed by atoms with van der Waals surface area (Å²) in [5.41, 5.74) is 0. The average molecular weight is 842 g/mol. The molecule has 1 rings (SSSR count). The third-order valence-corrected chi connectivity index (χ3v) is 10.8. The summed E-state index contributed by atoms with van der Waals surface area (Å²) in [7, 11) is 0. The molecular formula is C51H87NO8. The predicted octanol–water partition coefficient (Wildman–Crippen LogP) is 10.3. The van der Waals surface area contributed by atoms with Gasteiger partial charge < -0.3 is 40.3 Å². The molecule has 0 aromatic heterocycles. The first-order valence-electron chi connectivity index (χ1n) is 23.8. The Balaban J connectivity index is 2.27. The fourth-order valence-electron chi connectivity index (χ4n) is 6.96. The molecule has 0 radical (unpaired) electrons. The SMILES string of the molecule is CC/C=C\C/C=C\C/C=C\C/C=C\C/C=C\C/C=C\C/C=C\CCCCCCCC(=O)NC(COC1OC(CO)C(O)C(O)C1O)C(O)CCCCCCCCCCCC. The van der Waals surface area contributed by atoms with Gasteiger partial charge >= 0.3 is 0 Å². The van der Waals surface area contributed by atoms with Gasteiger partial charge in [-0.2, -0.15) is 0 Å². The third kappa shape index (κ3) is 30.4. The van der Waals surface area contributed by atoms with Gasteiger partial charge in [-0.05, 0) is 70.6 Å². The highest BCUT2D eigenvalue weighted by molar-refractivity contribution is 5.76. The Morgan fingerprint density at radius 3 is 1.53 bits per heavy atom. The molecule has 1 heterocycles. The van der Waals surface area contributed by atoms with E-state index in [2.05, 4.69) is 104 Å². The van der Waals surface area contributed by atoms with E-state index in [1.54, 1.807) is 0 Å². The molecule has 6 N–H and O–H groups in total. The second-order valence-electron chi connectivity index (χ2n) is 16.2. The van der Waals surface area contributed by atoms with E-state index in [-0.39, 0.29) is 12.5 Å². The van der Waals surface area contributed by atoms with Crippen LogP contribution in [0.15, 0.2) is 85.1 Å². The number of amides is 1. The lowest BCUT2D eigenvalue weighted by Crippen LogP contribution is -2.60. The predicted molar refractivity (Wildman–Crippen MR) is 248 cm³/mol. The van der Waals surface area contributed by atoms with Crippen molar-refractivity contribution in [3.05, 3.63) is 85.1 Å². The maximum Gasteiger partial charge on any atom is 0.220 e. The van der Waals surface area contributed by atoms with E-state index in [9.17, 15) is 30.3 Å². The van der Waals surface area contributed by atoms with Gasteiger partial charge in [0.25, 0.3) is 0 Å². The van der Waals surface area contributed by atoms with Gasteiger partial charge in [0, 0.05) is 6.42 Å². The van der Waals surface area contributed by atoms with Crippen molar-refractivity contribution in [3.63, 3.8) is 0 Å². The molecule has 7 atom stereocenters. The van der Waals surface area contributed by atoms with Gasteiger partial charge in [0.1, 0.15) is 24.4 Å². The number of ether oxygens (including phenoxy) is 2. The van der Waals surface area contributed by atoms with Crippen LogP contribution in [0.25, 0.3) is 0 Å². The van der Waals surface area contributed by atoms with Gasteiger partial charge in [0.2, 0.25) is 5.91 Å². The zero-order valence-corrected chi connectivity index (χ0v) is 37.7. The van der Waals surface area contributed by atoms with Crippen LogP contribution >= 0.6 is 0 Å². The maximum atomic E-state index is 13.0. The molecule has 9 nitrogen and oxygen atoms in total. The van der Waals surface area contributed by atoms with Gasteiger partial charge in [-0.25, -0.2) is 0 Å². The number of aliphatic hydroxyl groups excluding tert-OH is 5. The third-order valence-electron chi connectivity index (χ3n) is 10.8. The summed E-state index contributed by atoms with van der Waals surface area (Å²) < 4.78 is 11.2. The lowest BCUT2D eigenvalue weighted by molar-refractivity contribution is -0.302. The Morgan fingerprint density at radius 2 is 1.03 bits per heavy atom. The maximum absolute atomic E-state index is 13.0. The van der Waals surface area contributed by atoms with Gasteiger partial charge in [0.05, 0.1) is 25.4 Å². The molecule has 0 saturated carbocycles. The smallest absolute Gasteiger partial charge is 0.220 e. The van der Waals surface area contributed by atoms with Crippen molar-refractivity contribution in [1.29, 1.82) is 0 Å². The fraction of sp³-hybridized carbons (Fsp3) is 0.706. The lowest BCUT2D eigenvalue weighted by atomic mass is 9.99. The highest BCUT2D eigenvalue weighted by Crippen LogP contribution is 2.23. The summed E-state index contributed by atoms with van der Waals surface area (Å²) in [6.07, 6.45) is 48.8. The molecule has 1 saturated heterocycles. The van der Waals surface area contributed by atoms with Crippen LogP contribution in [-0.2, 0) is 14.3 Å². The number of carbonyl (C=O) groups excluding carboxylic acids is 1. The molecule has 0 bridgehead atoms. The highest BCUT2D eigenvalue weighted by atomic mass is 16.7. The summed E-state index contributed by atoms with van der Waals surface area (Å²) in [5, 5.41) is 54.2. The van der Waals surface area contributed by atoms with Crippen LogP contribution in [0, 0.1) is 0 Å². The van der Waals surface area contributed by atoms with E-state index in [4.69, 9.17) is 9.47 Å². The molecule has 344 valence electrons. The second kappa shape index (κ2) is 40.4. The molecule has 60 heavy (non-hydrogen) atoms. The van der Waals surface area contributed by atoms with Crippen molar-refractivity contribution in [1.82, 2.24) is 5.32 Å². The number of nitrogens with one attached hydrogen (secondary N) is 1. The zero-order valence-electron chi connectivity index (χ0n) is 37.7. The van der Waals surface area contributed by atoms with E-state index >= 15 is 0 Å². The van der Waals surface area contributed by atoms with Crippen molar-refractivity contribution in [2.24, 2.45) is 0 Å². The van der Waals surface area contributed by atoms with Crippen LogP contribution < -0.4 is 5.32 Å². The monoisotopic (exact) mass is 842 g/mol. The molecular weight excluding hydrogens is 755 g/mol. The quantitative estimate of drug-likeness (QED) is 0.0266. The number of allylic oxidation sites excluding steroid dienone is 14. The topological polar surface area (TPSA) is 149 Å². The molecule has 7 unspecified atom stereocenters. The molecule has 1 fully saturated rings. The minimum atomic E-state index is -1.56. The van der Waals surface area contributed by atoms with Crippen LogP contribution in [-0.4, -0.2) is 87.5 Å². The van der Waals surface area contributed by atoms with Gasteiger partial charge in [-0.3, -0.25) is 4.79 Å². The van der Waals surface area contributed by atoms with Crippen LogP contribution in [0.4, 0.5) is 0 Å². The Morgan fingerprint density at radius 1 is 0.583 bits per heavy atom. The van der Waals surface area contributed by atoms with Crippen LogP contribution in [0.2, 0.25) is 0 Å². The largest absolute Gasteiger partial charge is 0.394 e. The minimum absolute atomic E-state index is 0.152. The number of aliphatic hydroxyl groups is 5. The number of hydrogen-bond acceptors (Lipinski definition) is 8. The van der Waals surface area contributed by atoms with Crippen LogP contribution in [0.1, 0.15) is 174 Å². The second-order valence-corrected chi connectivity index (χ2v) is 16.2. The van der Waals surface area contributed by atoms with Crippen molar-refractivity contribution in [2.75, 3.05) is 13.2 Å². The number of unbranched alkanes of at least 4 members (excludes halogenated alkanes) is 14. The molecule has 0 aromatic carbocycles. The number of carbonyl (C=O) groups is 1. The summed E-state index contributed by atoms with van der Waals surface area (Å²) in [6.45, 7) is 3.67. The lowest BCUT2D eigenvalue weighted by Gasteiger charge is -2.40. The summed E-state index contributed by atoms with van der Waals surface area (Å²) >= 11 is 0. The van der Waals surface area contributed by atoms with E-state index in [1.165, 1.54) is 44.9 Å². The highest BCUT2D eigenvalue weighted by Gasteiger charge is 2.44. The van der Waals surface area contributed by atoms with E-state index in [0.29, 0.717) is 12.8 Å². The summed E-state index contributed by atoms with van der Waals surface area (Å²) in [6, 6.07) is -0.733. The van der Waals surface area contributed by atoms with Crippen LogP contribution in [0.5, 0.6) is 0 Å². The van der Waals surface area contributed by atoms with Crippen molar-refractivity contribution in [2.45, 2.75) is 217 Å². The van der Waals surface area contributed by atoms with Crippen molar-refractivity contribution in [3.8, 4) is 0 Å². The number of hydrogen-bond donors (Lipinski definition) is 6. The Hall–Kier alpha value is -2.63. The first kappa shape index (κ1) is 55.4. The zero-order chi connectivity index (χ0) is 43.7. The summed E-state index contributed by atoms with van der Waals surface area (Å²) in [4.78, 5) is 13.0. The van der Waals surface area contributed by atoms with Crippen molar-refractivity contribution < 1.29 is 39.8 Å². The molecule has 0 aliphatic carbocycles. The van der Waals surface area contributed by atoms with Gasteiger partial charge in [-0.1, -0.05) is 182 Å². The molecule has 1 amide bonds. The summed E-state index contributed by atoms with van der Waals surface area (Å²) in [5.74, 6) is -0.170. The number of rotatable bonds is 38. The minimum Gasteiger partial charge on any atom is -0.394 e. The van der Waals surface area contributed by atoms with Crippen LogP contribution in [0.3, 0.4) is 0 Å². The molecule has 1 aliphatic rings. The van der Waals surface area contributed by atoms with E-state index in [0.717, 1.165) is 103 Å². The molecule has 0 spiro atoms. The van der Waals surface area contributed by atoms with E-state index in [1.807, 2.05) is 0 Å². The van der Waals surface area contributed by atoms with E-state index < -0.39 is 49.5 Å². The Bertz CT molecular complexity index is 1210. The first-order chi connectivity index (χ1) is 29.3. The first-order valence-corrected chi connectivity index (χ1v) is 23.8. The fourth-order valence-corrected chi connectivity index (χ4v) is 6.96. The molecule has 1 aliphatic heterocycles. The Labute approximate surface area is 365 Å². The van der Waals surface area contributed by atoms with Crippen molar-refractivity contribution >= 4 is 5.91 Å². The molecule has 0 aromatic rings. The molecule has 9 heteroatoms. The van der Waals surface area contributed by atoms with Gasteiger partial charge in [-0.15, -0.1) is 0 Å². The average Bonchev–Trinajstić information content (AvgIpc) is 3.25. The Kier molecular flexibility index (Phi) is 37.3. The van der Waals surface area contributed by atoms with Gasteiger partial charge in [0.15, 0.2) is 6.29 Å².